The minimum Gasteiger partial charge on any atom is -0.346 e. The van der Waals surface area contributed by atoms with Crippen molar-refractivity contribution in [3.8, 4) is 0 Å². The van der Waals surface area contributed by atoms with Gasteiger partial charge in [-0.2, -0.15) is 6.92 Å². The van der Waals surface area contributed by atoms with Crippen molar-refractivity contribution in [3.05, 3.63) is 6.92 Å². The predicted molar refractivity (Wildman–Crippen MR) is 43.0 cm³/mol. The molecule has 0 heterocycles. The summed E-state index contributed by atoms with van der Waals surface area (Å²) in [7, 11) is 0. The fourth-order valence-electron chi connectivity index (χ4n) is 0. The Bertz CT molecular complexity index is 6.53. The van der Waals surface area contributed by atoms with E-state index in [4.69, 9.17) is 0 Å². The molecule has 0 aliphatic carbocycles. The van der Waals surface area contributed by atoms with Crippen LogP contribution in [0.3, 0.4) is 0 Å². The fraction of sp³-hybridized carbons (Fsp3) is 0.875. The van der Waals surface area contributed by atoms with Gasteiger partial charge in [-0.15, -0.1) is 0 Å². The van der Waals surface area contributed by atoms with Gasteiger partial charge in [-0.25, -0.2) is 0 Å². The molecule has 0 spiro atoms. The van der Waals surface area contributed by atoms with Gasteiger partial charge in [0.05, 0.1) is 0 Å². The second-order valence-corrected chi connectivity index (χ2v) is 1.41. The molecule has 0 aromatic heterocycles. The van der Waals surface area contributed by atoms with E-state index in [-0.39, 0.29) is 32.7 Å². The van der Waals surface area contributed by atoms with Gasteiger partial charge < -0.3 is 6.92 Å². The maximum Gasteiger partial charge on any atom is 0 e. The van der Waals surface area contributed by atoms with Crippen LogP contribution >= 0.6 is 0 Å². The fourth-order valence-corrected chi connectivity index (χ4v) is 0. The number of hydrogen-bond donors (Lipinski definition) is 0. The molecule has 9 heavy (non-hydrogen) atoms. The first-order valence-electron chi connectivity index (χ1n) is 3.54. The molecule has 0 aromatic rings. The Hall–Kier alpha value is 1.10. The van der Waals surface area contributed by atoms with Crippen LogP contribution in [0.15, 0.2) is 0 Å². The summed E-state index contributed by atoms with van der Waals surface area (Å²) in [6.07, 6.45) is 2.50. The van der Waals surface area contributed by atoms with Crippen LogP contribution in [0.5, 0.6) is 0 Å². The van der Waals surface area contributed by atoms with Crippen molar-refractivity contribution in [2.24, 2.45) is 0 Å². The summed E-state index contributed by atoms with van der Waals surface area (Å²) in [6.45, 7) is 13.5. The molecule has 0 N–H and O–H groups in total. The molecule has 1 heteroatoms. The van der Waals surface area contributed by atoms with E-state index in [1.54, 1.807) is 6.92 Å². The van der Waals surface area contributed by atoms with Crippen molar-refractivity contribution >= 4 is 0 Å². The van der Waals surface area contributed by atoms with Crippen LogP contribution in [-0.4, -0.2) is 0 Å². The third-order valence-corrected chi connectivity index (χ3v) is 0. The Morgan fingerprint density at radius 1 is 0.778 bits per heavy atom. The Kier molecular flexibility index (Phi) is 155. The van der Waals surface area contributed by atoms with Gasteiger partial charge in [0.1, 0.15) is 0 Å². The van der Waals surface area contributed by atoms with E-state index in [9.17, 15) is 0 Å². The minimum atomic E-state index is 0. The molecular formula is C8H21Y-. The van der Waals surface area contributed by atoms with E-state index in [1.165, 1.54) is 12.8 Å². The number of hydrogen-bond acceptors (Lipinski definition) is 0. The quantitative estimate of drug-likeness (QED) is 0.530. The second kappa shape index (κ2) is 62.1. The average molecular weight is 206 g/mol. The first-order chi connectivity index (χ1) is 3.83. The second-order valence-electron chi connectivity index (χ2n) is 1.41. The zero-order valence-electron chi connectivity index (χ0n) is 7.70. The molecule has 0 saturated heterocycles. The van der Waals surface area contributed by atoms with E-state index in [0.717, 1.165) is 0 Å². The molecule has 57 valence electrons. The van der Waals surface area contributed by atoms with Gasteiger partial charge in [-0.1, -0.05) is 40.5 Å². The third-order valence-electron chi connectivity index (χ3n) is 0. The summed E-state index contributed by atoms with van der Waals surface area (Å²) in [6, 6.07) is 0. The molecule has 1 radical (unpaired) electrons. The summed E-state index contributed by atoms with van der Waals surface area (Å²) in [4.78, 5) is 0. The third kappa shape index (κ3) is 377. The molecule has 0 aliphatic rings. The van der Waals surface area contributed by atoms with Crippen LogP contribution in [0.1, 0.15) is 47.5 Å². The summed E-state index contributed by atoms with van der Waals surface area (Å²) in [5, 5.41) is 0. The van der Waals surface area contributed by atoms with Gasteiger partial charge in [0.25, 0.3) is 0 Å². The maximum atomic E-state index is 3.25. The topological polar surface area (TPSA) is 0 Å². The smallest absolute Gasteiger partial charge is 0 e. The summed E-state index contributed by atoms with van der Waals surface area (Å²) in [5.41, 5.74) is 0. The van der Waals surface area contributed by atoms with Crippen molar-refractivity contribution < 1.29 is 32.7 Å². The molecule has 0 amide bonds. The van der Waals surface area contributed by atoms with Gasteiger partial charge in [-0.05, 0) is 0 Å². The van der Waals surface area contributed by atoms with Gasteiger partial charge in [0, 0.05) is 32.7 Å². The van der Waals surface area contributed by atoms with Crippen LogP contribution in [-0.2, 0) is 32.7 Å². The minimum absolute atomic E-state index is 0. The standard InChI is InChI=1S/2C3H8.C2H5.Y/c2*1-3-2;1-2;/h2*3H2,1-2H3;1H2,2H3;/q;;-1;. The van der Waals surface area contributed by atoms with Crippen LogP contribution in [0, 0.1) is 6.92 Å². The molecule has 0 rings (SSSR count). The first-order valence-corrected chi connectivity index (χ1v) is 3.54. The Balaban J connectivity index is -0.0000000202. The molecule has 0 saturated carbocycles. The normalized spacial score (nSPS) is 4.67. The average Bonchev–Trinajstić information content (AvgIpc) is 1.75. The van der Waals surface area contributed by atoms with Gasteiger partial charge in [0.2, 0.25) is 0 Å². The number of rotatable bonds is 0. The van der Waals surface area contributed by atoms with Crippen LogP contribution in [0.4, 0.5) is 0 Å². The molecule has 0 aromatic carbocycles. The van der Waals surface area contributed by atoms with Crippen LogP contribution in [0.2, 0.25) is 0 Å². The zero-order chi connectivity index (χ0) is 7.41. The van der Waals surface area contributed by atoms with Crippen molar-refractivity contribution in [2.45, 2.75) is 47.5 Å². The Morgan fingerprint density at radius 3 is 0.778 bits per heavy atom. The Labute approximate surface area is 86.7 Å². The summed E-state index contributed by atoms with van der Waals surface area (Å²) in [5.74, 6) is 0. The summed E-state index contributed by atoms with van der Waals surface area (Å²) >= 11 is 0. The van der Waals surface area contributed by atoms with E-state index < -0.39 is 0 Å². The maximum absolute atomic E-state index is 3.25. The SMILES string of the molecule is CCC.CCC.[CH2-]C.[Y]. The van der Waals surface area contributed by atoms with Gasteiger partial charge >= 0.3 is 0 Å². The monoisotopic (exact) mass is 206 g/mol. The van der Waals surface area contributed by atoms with Gasteiger partial charge in [0.15, 0.2) is 0 Å². The van der Waals surface area contributed by atoms with Crippen LogP contribution in [0.25, 0.3) is 0 Å². The Morgan fingerprint density at radius 2 is 0.778 bits per heavy atom. The predicted octanol–water partition coefficient (Wildman–Crippen LogP) is 3.67. The van der Waals surface area contributed by atoms with E-state index in [2.05, 4.69) is 34.6 Å². The van der Waals surface area contributed by atoms with Crippen molar-refractivity contribution in [1.29, 1.82) is 0 Å². The van der Waals surface area contributed by atoms with Crippen LogP contribution < -0.4 is 0 Å². The van der Waals surface area contributed by atoms with Crippen molar-refractivity contribution in [2.75, 3.05) is 0 Å². The van der Waals surface area contributed by atoms with E-state index >= 15 is 0 Å². The van der Waals surface area contributed by atoms with Crippen molar-refractivity contribution in [1.82, 2.24) is 0 Å². The van der Waals surface area contributed by atoms with E-state index in [1.807, 2.05) is 0 Å². The molecule has 0 nitrogen and oxygen atoms in total. The van der Waals surface area contributed by atoms with E-state index in [0.29, 0.717) is 0 Å². The largest absolute Gasteiger partial charge is 0.346 e. The molecule has 0 unspecified atom stereocenters. The summed E-state index contributed by atoms with van der Waals surface area (Å²) < 4.78 is 0. The molecule has 0 atom stereocenters. The zero-order valence-corrected chi connectivity index (χ0v) is 10.5. The molecular weight excluding hydrogens is 185 g/mol. The molecule has 0 aliphatic heterocycles. The first kappa shape index (κ1) is 22.5. The molecule has 0 fully saturated rings. The van der Waals surface area contributed by atoms with Crippen molar-refractivity contribution in [3.63, 3.8) is 0 Å². The van der Waals surface area contributed by atoms with Gasteiger partial charge in [-0.3, -0.25) is 0 Å². The molecule has 0 bridgehead atoms.